The van der Waals surface area contributed by atoms with E-state index in [1.54, 1.807) is 12.0 Å². The normalized spacial score (nSPS) is 16.1. The number of benzene rings is 2. The minimum absolute atomic E-state index is 0.0758. The van der Waals surface area contributed by atoms with E-state index in [1.807, 2.05) is 75.9 Å². The van der Waals surface area contributed by atoms with Crippen LogP contribution in [0.15, 0.2) is 36.4 Å². The van der Waals surface area contributed by atoms with Crippen LogP contribution in [-0.2, 0) is 22.4 Å². The Hall–Kier alpha value is -3.35. The number of ether oxygens (including phenoxy) is 2. The number of hydrogen-bond donors (Lipinski definition) is 0. The Morgan fingerprint density at radius 1 is 1.08 bits per heavy atom. The lowest BCUT2D eigenvalue weighted by Gasteiger charge is -2.36. The lowest BCUT2D eigenvalue weighted by atomic mass is 9.85. The second-order valence-corrected chi connectivity index (χ2v) is 11.3. The Morgan fingerprint density at radius 3 is 2.42 bits per heavy atom. The van der Waals surface area contributed by atoms with Crippen molar-refractivity contribution in [1.82, 2.24) is 4.90 Å². The van der Waals surface area contributed by atoms with E-state index < -0.39 is 5.60 Å². The Bertz CT molecular complexity index is 1220. The summed E-state index contributed by atoms with van der Waals surface area (Å²) < 4.78 is 11.4. The van der Waals surface area contributed by atoms with Crippen molar-refractivity contribution < 1.29 is 23.9 Å². The molecule has 7 nitrogen and oxygen atoms in total. The third-order valence-corrected chi connectivity index (χ3v) is 7.64. The van der Waals surface area contributed by atoms with Crippen LogP contribution in [0.5, 0.6) is 5.75 Å². The number of amides is 2. The van der Waals surface area contributed by atoms with E-state index >= 15 is 0 Å². The topological polar surface area (TPSA) is 76.2 Å². The van der Waals surface area contributed by atoms with Gasteiger partial charge in [0.25, 0.3) is 0 Å². The lowest BCUT2D eigenvalue weighted by molar-refractivity contribution is -0.118. The minimum Gasteiger partial charge on any atom is -0.496 e. The zero-order chi connectivity index (χ0) is 27.6. The number of carbonyl (C=O) groups excluding carboxylic acids is 3. The van der Waals surface area contributed by atoms with E-state index in [0.29, 0.717) is 44.3 Å². The van der Waals surface area contributed by atoms with Gasteiger partial charge in [0.15, 0.2) is 5.78 Å². The number of aryl methyl sites for hydroxylation is 1. The highest BCUT2D eigenvalue weighted by Gasteiger charge is 2.34. The van der Waals surface area contributed by atoms with Crippen LogP contribution < -0.4 is 9.64 Å². The molecule has 0 N–H and O–H groups in total. The molecule has 2 heterocycles. The number of nitrogens with zero attached hydrogens (tertiary/aromatic N) is 2. The molecule has 0 saturated heterocycles. The van der Waals surface area contributed by atoms with Gasteiger partial charge >= 0.3 is 6.09 Å². The van der Waals surface area contributed by atoms with Crippen LogP contribution in [0.25, 0.3) is 0 Å². The molecule has 2 aromatic carbocycles. The molecular formula is C31H40N2O5. The maximum Gasteiger partial charge on any atom is 0.410 e. The van der Waals surface area contributed by atoms with Crippen LogP contribution in [0.4, 0.5) is 10.5 Å². The van der Waals surface area contributed by atoms with Crippen LogP contribution in [0.3, 0.4) is 0 Å². The molecule has 0 saturated carbocycles. The first-order valence-corrected chi connectivity index (χ1v) is 13.7. The maximum absolute atomic E-state index is 13.5. The van der Waals surface area contributed by atoms with Crippen molar-refractivity contribution in [3.05, 3.63) is 58.7 Å². The highest BCUT2D eigenvalue weighted by atomic mass is 16.6. The van der Waals surface area contributed by atoms with Crippen molar-refractivity contribution >= 4 is 23.5 Å². The van der Waals surface area contributed by atoms with E-state index in [4.69, 9.17) is 9.47 Å². The van der Waals surface area contributed by atoms with Crippen LogP contribution in [0.2, 0.25) is 0 Å². The molecular weight excluding hydrogens is 480 g/mol. The van der Waals surface area contributed by atoms with Crippen LogP contribution in [-0.4, -0.2) is 54.5 Å². The van der Waals surface area contributed by atoms with Crippen molar-refractivity contribution in [3.63, 3.8) is 0 Å². The van der Waals surface area contributed by atoms with Gasteiger partial charge in [-0.2, -0.15) is 0 Å². The minimum atomic E-state index is -0.603. The molecule has 2 unspecified atom stereocenters. The van der Waals surface area contributed by atoms with Crippen molar-refractivity contribution in [3.8, 4) is 5.75 Å². The molecule has 0 spiro atoms. The third-order valence-electron chi connectivity index (χ3n) is 7.64. The molecule has 0 aromatic heterocycles. The standard InChI is InChI=1S/C31H40N2O5/c1-7-32(30(36)38-31(3,4)5)20(2)24(25-10-8-9-11-27(25)37-6)13-14-26(34)23-18-21-12-15-28(35)33-17-16-22(19-23)29(21)33/h8-11,18-20,24H,7,12-17H2,1-6H3. The summed E-state index contributed by atoms with van der Waals surface area (Å²) >= 11 is 0. The molecule has 204 valence electrons. The van der Waals surface area contributed by atoms with E-state index in [0.717, 1.165) is 34.5 Å². The Morgan fingerprint density at radius 2 is 1.76 bits per heavy atom. The molecule has 2 aliphatic rings. The van der Waals surface area contributed by atoms with Crippen LogP contribution in [0.1, 0.15) is 86.8 Å². The fraction of sp³-hybridized carbons (Fsp3) is 0.516. The van der Waals surface area contributed by atoms with Gasteiger partial charge in [-0.15, -0.1) is 0 Å². The summed E-state index contributed by atoms with van der Waals surface area (Å²) in [6, 6.07) is 11.5. The fourth-order valence-electron chi connectivity index (χ4n) is 5.80. The first-order chi connectivity index (χ1) is 18.0. The SMILES string of the molecule is CCN(C(=O)OC(C)(C)C)C(C)C(CCC(=O)c1cc2c3c(c1)CCN3C(=O)CC2)c1ccccc1OC. The van der Waals surface area contributed by atoms with Gasteiger partial charge in [0.2, 0.25) is 5.91 Å². The van der Waals surface area contributed by atoms with Gasteiger partial charge in [-0.05, 0) is 88.8 Å². The molecule has 2 atom stereocenters. The van der Waals surface area contributed by atoms with Crippen molar-refractivity contribution in [1.29, 1.82) is 0 Å². The number of para-hydroxylation sites is 1. The quantitative estimate of drug-likeness (QED) is 0.384. The summed E-state index contributed by atoms with van der Waals surface area (Å²) in [7, 11) is 1.64. The smallest absolute Gasteiger partial charge is 0.410 e. The molecule has 7 heteroatoms. The average molecular weight is 521 g/mol. The first kappa shape index (κ1) is 27.7. The Balaban J connectivity index is 1.59. The first-order valence-electron chi connectivity index (χ1n) is 13.7. The van der Waals surface area contributed by atoms with Gasteiger partial charge < -0.3 is 19.3 Å². The summed E-state index contributed by atoms with van der Waals surface area (Å²) in [6.45, 7) is 10.7. The summed E-state index contributed by atoms with van der Waals surface area (Å²) in [5, 5.41) is 0. The molecule has 0 bridgehead atoms. The van der Waals surface area contributed by atoms with Gasteiger partial charge in [0.1, 0.15) is 11.4 Å². The van der Waals surface area contributed by atoms with Gasteiger partial charge in [-0.3, -0.25) is 9.59 Å². The Labute approximate surface area is 226 Å². The van der Waals surface area contributed by atoms with Gasteiger partial charge in [0, 0.05) is 43.5 Å². The summed E-state index contributed by atoms with van der Waals surface area (Å²) in [6.07, 6.45) is 2.49. The Kier molecular flexibility index (Phi) is 8.14. The zero-order valence-corrected chi connectivity index (χ0v) is 23.5. The van der Waals surface area contributed by atoms with Gasteiger partial charge in [-0.1, -0.05) is 18.2 Å². The summed E-state index contributed by atoms with van der Waals surface area (Å²) in [5.41, 5.74) is 4.29. The average Bonchev–Trinajstić information content (AvgIpc) is 3.31. The second kappa shape index (κ2) is 11.2. The van der Waals surface area contributed by atoms with E-state index in [1.165, 1.54) is 0 Å². The zero-order valence-electron chi connectivity index (χ0n) is 23.5. The highest BCUT2D eigenvalue weighted by molar-refractivity contribution is 6.02. The molecule has 2 aromatic rings. The van der Waals surface area contributed by atoms with Crippen molar-refractivity contribution in [2.75, 3.05) is 25.1 Å². The largest absolute Gasteiger partial charge is 0.496 e. The molecule has 4 rings (SSSR count). The second-order valence-electron chi connectivity index (χ2n) is 11.3. The number of hydrogen-bond acceptors (Lipinski definition) is 5. The van der Waals surface area contributed by atoms with Crippen LogP contribution in [0, 0.1) is 0 Å². The highest BCUT2D eigenvalue weighted by Crippen LogP contribution is 2.39. The number of anilines is 1. The molecule has 0 aliphatic carbocycles. The van der Waals surface area contributed by atoms with E-state index in [9.17, 15) is 14.4 Å². The van der Waals surface area contributed by atoms with Crippen molar-refractivity contribution in [2.45, 2.75) is 84.3 Å². The number of likely N-dealkylation sites (N-methyl/N-ethyl adjacent to an activating group) is 1. The van der Waals surface area contributed by atoms with E-state index in [-0.39, 0.29) is 29.7 Å². The fourth-order valence-corrected chi connectivity index (χ4v) is 5.80. The number of Topliss-reactive ketones (excluding diaryl/α,β-unsaturated/α-hetero) is 1. The maximum atomic E-state index is 13.5. The monoisotopic (exact) mass is 520 g/mol. The molecule has 2 aliphatic heterocycles. The van der Waals surface area contributed by atoms with Gasteiger partial charge in [0.05, 0.1) is 12.8 Å². The summed E-state index contributed by atoms with van der Waals surface area (Å²) in [4.78, 5) is 42.5. The number of carbonyl (C=O) groups is 3. The molecule has 2 amide bonds. The molecule has 0 radical (unpaired) electrons. The number of methoxy groups -OCH3 is 1. The third kappa shape index (κ3) is 5.71. The van der Waals surface area contributed by atoms with E-state index in [2.05, 4.69) is 0 Å². The predicted octanol–water partition coefficient (Wildman–Crippen LogP) is 5.92. The predicted molar refractivity (Wildman–Crippen MR) is 148 cm³/mol. The van der Waals surface area contributed by atoms with Crippen molar-refractivity contribution in [2.24, 2.45) is 0 Å². The summed E-state index contributed by atoms with van der Waals surface area (Å²) in [5.74, 6) is 0.855. The van der Waals surface area contributed by atoms with Crippen LogP contribution >= 0.6 is 0 Å². The number of ketones is 1. The lowest BCUT2D eigenvalue weighted by Crippen LogP contribution is -2.44. The molecule has 38 heavy (non-hydrogen) atoms. The van der Waals surface area contributed by atoms with Gasteiger partial charge in [-0.25, -0.2) is 4.79 Å². The molecule has 0 fully saturated rings. The number of rotatable bonds is 9.